The number of carbonyl (C=O) groups excluding carboxylic acids is 1. The zero-order chi connectivity index (χ0) is 21.4. The molecule has 0 radical (unpaired) electrons. The Kier molecular flexibility index (Phi) is 5.97. The summed E-state index contributed by atoms with van der Waals surface area (Å²) in [5.41, 5.74) is 1.46. The first-order chi connectivity index (χ1) is 14.4. The van der Waals surface area contributed by atoms with Crippen molar-refractivity contribution in [3.05, 3.63) is 87.2 Å². The standard InChI is InChI=1S/C21H16Cl2N2O3S2/c1-3-28-20(27)17-11(2)24-21-25(18(17)15-5-4-8-29-15)19(26)16(30-21)10-12-6-7-13(22)14(23)9-12/h4-10,18H,3H2,1-2H3/t18-/m1/s1. The van der Waals surface area contributed by atoms with Crippen LogP contribution in [0.2, 0.25) is 10.0 Å². The van der Waals surface area contributed by atoms with E-state index in [0.717, 1.165) is 10.4 Å². The van der Waals surface area contributed by atoms with Crippen molar-refractivity contribution in [2.75, 3.05) is 6.61 Å². The van der Waals surface area contributed by atoms with E-state index in [1.54, 1.807) is 42.7 Å². The molecule has 0 unspecified atom stereocenters. The normalized spacial score (nSPS) is 16.4. The summed E-state index contributed by atoms with van der Waals surface area (Å²) in [7, 11) is 0. The molecule has 0 fully saturated rings. The maximum atomic E-state index is 13.4. The van der Waals surface area contributed by atoms with Crippen LogP contribution in [-0.2, 0) is 9.53 Å². The number of esters is 1. The number of thiophene rings is 1. The molecular formula is C21H16Cl2N2O3S2. The summed E-state index contributed by atoms with van der Waals surface area (Å²) in [5, 5.41) is 2.77. The number of hydrogen-bond donors (Lipinski definition) is 0. The topological polar surface area (TPSA) is 60.7 Å². The highest BCUT2D eigenvalue weighted by Crippen LogP contribution is 2.33. The maximum absolute atomic E-state index is 13.4. The second kappa shape index (κ2) is 8.51. The molecule has 154 valence electrons. The molecule has 1 aliphatic heterocycles. The van der Waals surface area contributed by atoms with Gasteiger partial charge in [-0.2, -0.15) is 0 Å². The highest BCUT2D eigenvalue weighted by atomic mass is 35.5. The molecule has 0 saturated heterocycles. The molecule has 2 aromatic heterocycles. The Hall–Kier alpha value is -2.19. The van der Waals surface area contributed by atoms with Crippen molar-refractivity contribution in [1.29, 1.82) is 0 Å². The van der Waals surface area contributed by atoms with E-state index in [9.17, 15) is 9.59 Å². The second-order valence-corrected chi connectivity index (χ2v) is 9.29. The molecule has 3 heterocycles. The molecule has 30 heavy (non-hydrogen) atoms. The van der Waals surface area contributed by atoms with Gasteiger partial charge in [0.05, 0.1) is 32.5 Å². The molecule has 3 aromatic rings. The van der Waals surface area contributed by atoms with Gasteiger partial charge >= 0.3 is 5.97 Å². The van der Waals surface area contributed by atoms with E-state index in [2.05, 4.69) is 4.99 Å². The number of hydrogen-bond acceptors (Lipinski definition) is 6. The quantitative estimate of drug-likeness (QED) is 0.528. The number of halogens is 2. The first-order valence-electron chi connectivity index (χ1n) is 9.08. The zero-order valence-corrected chi connectivity index (χ0v) is 19.2. The summed E-state index contributed by atoms with van der Waals surface area (Å²) < 4.78 is 7.32. The van der Waals surface area contributed by atoms with Crippen LogP contribution < -0.4 is 14.9 Å². The predicted molar refractivity (Wildman–Crippen MR) is 121 cm³/mol. The summed E-state index contributed by atoms with van der Waals surface area (Å²) in [6.45, 7) is 3.76. The van der Waals surface area contributed by atoms with Crippen LogP contribution in [0.25, 0.3) is 6.08 Å². The third-order valence-corrected chi connectivity index (χ3v) is 7.22. The molecule has 0 aliphatic carbocycles. The lowest BCUT2D eigenvalue weighted by Gasteiger charge is -2.23. The van der Waals surface area contributed by atoms with E-state index in [1.807, 2.05) is 17.5 Å². The van der Waals surface area contributed by atoms with Crippen molar-refractivity contribution < 1.29 is 9.53 Å². The van der Waals surface area contributed by atoms with Crippen LogP contribution in [0, 0.1) is 0 Å². The number of rotatable bonds is 4. The van der Waals surface area contributed by atoms with Crippen molar-refractivity contribution in [2.45, 2.75) is 19.9 Å². The first-order valence-corrected chi connectivity index (χ1v) is 11.5. The summed E-state index contributed by atoms with van der Waals surface area (Å²) in [5.74, 6) is -0.462. The number of fused-ring (bicyclic) bond motifs is 1. The Labute approximate surface area is 190 Å². The fraction of sp³-hybridized carbons (Fsp3) is 0.190. The third kappa shape index (κ3) is 3.78. The summed E-state index contributed by atoms with van der Waals surface area (Å²) in [6.07, 6.45) is 1.75. The second-order valence-electron chi connectivity index (χ2n) is 6.49. The van der Waals surface area contributed by atoms with Gasteiger partial charge in [0.1, 0.15) is 6.04 Å². The van der Waals surface area contributed by atoms with Crippen molar-refractivity contribution in [3.8, 4) is 0 Å². The smallest absolute Gasteiger partial charge is 0.338 e. The van der Waals surface area contributed by atoms with Crippen LogP contribution in [0.5, 0.6) is 0 Å². The highest BCUT2D eigenvalue weighted by molar-refractivity contribution is 7.10. The van der Waals surface area contributed by atoms with Crippen molar-refractivity contribution in [2.24, 2.45) is 4.99 Å². The molecule has 9 heteroatoms. The highest BCUT2D eigenvalue weighted by Gasteiger charge is 2.33. The summed E-state index contributed by atoms with van der Waals surface area (Å²) in [4.78, 5) is 32.0. The van der Waals surface area contributed by atoms with E-state index in [1.165, 1.54) is 22.7 Å². The van der Waals surface area contributed by atoms with E-state index in [-0.39, 0.29) is 12.2 Å². The summed E-state index contributed by atoms with van der Waals surface area (Å²) in [6, 6.07) is 8.40. The van der Waals surface area contributed by atoms with Crippen LogP contribution in [0.3, 0.4) is 0 Å². The van der Waals surface area contributed by atoms with Gasteiger partial charge in [-0.1, -0.05) is 46.7 Å². The molecule has 4 rings (SSSR count). The molecule has 0 bridgehead atoms. The van der Waals surface area contributed by atoms with Gasteiger partial charge in [-0.15, -0.1) is 11.3 Å². The van der Waals surface area contributed by atoms with Gasteiger partial charge in [0.2, 0.25) is 0 Å². The Balaban J connectivity index is 1.93. The minimum absolute atomic E-state index is 0.225. The molecular weight excluding hydrogens is 463 g/mol. The van der Waals surface area contributed by atoms with Gasteiger partial charge in [-0.05, 0) is 49.1 Å². The summed E-state index contributed by atoms with van der Waals surface area (Å²) >= 11 is 14.8. The molecule has 0 N–H and O–H groups in total. The van der Waals surface area contributed by atoms with Crippen molar-refractivity contribution in [1.82, 2.24) is 4.57 Å². The molecule has 0 saturated carbocycles. The van der Waals surface area contributed by atoms with Crippen LogP contribution in [-0.4, -0.2) is 17.1 Å². The van der Waals surface area contributed by atoms with E-state index >= 15 is 0 Å². The van der Waals surface area contributed by atoms with Crippen LogP contribution in [0.4, 0.5) is 0 Å². The number of aromatic nitrogens is 1. The number of thiazole rings is 1. The van der Waals surface area contributed by atoms with Gasteiger partial charge in [0, 0.05) is 4.88 Å². The number of allylic oxidation sites excluding steroid dienone is 1. The average molecular weight is 479 g/mol. The molecule has 1 aliphatic rings. The van der Waals surface area contributed by atoms with Gasteiger partial charge in [-0.25, -0.2) is 9.79 Å². The lowest BCUT2D eigenvalue weighted by molar-refractivity contribution is -0.139. The molecule has 0 spiro atoms. The number of nitrogens with zero attached hydrogens (tertiary/aromatic N) is 2. The third-order valence-electron chi connectivity index (χ3n) is 4.57. The number of ether oxygens (including phenoxy) is 1. The Morgan fingerprint density at radius 2 is 2.10 bits per heavy atom. The molecule has 1 aromatic carbocycles. The number of carbonyl (C=O) groups is 1. The van der Waals surface area contributed by atoms with Gasteiger partial charge in [0.15, 0.2) is 4.80 Å². The molecule has 0 amide bonds. The van der Waals surface area contributed by atoms with Crippen LogP contribution in [0.15, 0.2) is 56.8 Å². The Morgan fingerprint density at radius 3 is 2.77 bits per heavy atom. The number of benzene rings is 1. The molecule has 5 nitrogen and oxygen atoms in total. The fourth-order valence-corrected chi connectivity index (χ4v) is 5.44. The fourth-order valence-electron chi connectivity index (χ4n) is 3.26. The molecule has 1 atom stereocenters. The first kappa shape index (κ1) is 21.1. The van der Waals surface area contributed by atoms with E-state index < -0.39 is 12.0 Å². The van der Waals surface area contributed by atoms with Gasteiger partial charge in [-0.3, -0.25) is 9.36 Å². The predicted octanol–water partition coefficient (Wildman–Crippen LogP) is 4.17. The van der Waals surface area contributed by atoms with Crippen LogP contribution >= 0.6 is 45.9 Å². The van der Waals surface area contributed by atoms with Crippen molar-refractivity contribution in [3.63, 3.8) is 0 Å². The van der Waals surface area contributed by atoms with E-state index in [0.29, 0.717) is 30.6 Å². The largest absolute Gasteiger partial charge is 0.463 e. The maximum Gasteiger partial charge on any atom is 0.338 e. The van der Waals surface area contributed by atoms with Crippen molar-refractivity contribution >= 4 is 57.9 Å². The van der Waals surface area contributed by atoms with E-state index in [4.69, 9.17) is 27.9 Å². The lowest BCUT2D eigenvalue weighted by Crippen LogP contribution is -2.39. The SMILES string of the molecule is CCOC(=O)C1=C(C)N=c2sc(=Cc3ccc(Cl)c(Cl)c3)c(=O)n2[C@@H]1c1cccs1. The zero-order valence-electron chi connectivity index (χ0n) is 16.0. The monoisotopic (exact) mass is 478 g/mol. The lowest BCUT2D eigenvalue weighted by atomic mass is 10.0. The van der Waals surface area contributed by atoms with Gasteiger partial charge in [0.25, 0.3) is 5.56 Å². The van der Waals surface area contributed by atoms with Crippen LogP contribution in [0.1, 0.15) is 30.3 Å². The Bertz CT molecular complexity index is 1340. The average Bonchev–Trinajstić information content (AvgIpc) is 3.33. The minimum Gasteiger partial charge on any atom is -0.463 e. The Morgan fingerprint density at radius 1 is 1.30 bits per heavy atom. The minimum atomic E-state index is -0.573. The van der Waals surface area contributed by atoms with Gasteiger partial charge < -0.3 is 4.74 Å².